The predicted molar refractivity (Wildman–Crippen MR) is 90.2 cm³/mol. The van der Waals surface area contributed by atoms with E-state index in [9.17, 15) is 5.11 Å². The molecule has 118 valence electrons. The summed E-state index contributed by atoms with van der Waals surface area (Å²) in [5.41, 5.74) is 0.828. The van der Waals surface area contributed by atoms with Gasteiger partial charge in [-0.3, -0.25) is 0 Å². The van der Waals surface area contributed by atoms with Crippen LogP contribution in [-0.4, -0.2) is 19.9 Å². The molecule has 0 aliphatic rings. The summed E-state index contributed by atoms with van der Waals surface area (Å²) < 4.78 is 1.71. The Balaban J connectivity index is 1.97. The summed E-state index contributed by atoms with van der Waals surface area (Å²) in [4.78, 5) is 4.03. The fourth-order valence-electron chi connectivity index (χ4n) is 2.74. The number of aromatic nitrogens is 3. The zero-order chi connectivity index (χ0) is 16.3. The average Bonchev–Trinajstić information content (AvgIpc) is 3.09. The van der Waals surface area contributed by atoms with E-state index in [1.165, 1.54) is 6.33 Å². The molecular formula is C18H18ClN3O. The van der Waals surface area contributed by atoms with Gasteiger partial charge in [0.05, 0.1) is 6.04 Å². The maximum absolute atomic E-state index is 11.2. The van der Waals surface area contributed by atoms with Gasteiger partial charge in [-0.2, -0.15) is 5.10 Å². The van der Waals surface area contributed by atoms with Gasteiger partial charge >= 0.3 is 0 Å². The first kappa shape index (κ1) is 15.7. The van der Waals surface area contributed by atoms with Gasteiger partial charge in [0.15, 0.2) is 0 Å². The quantitative estimate of drug-likeness (QED) is 0.778. The number of aliphatic hydroxyl groups is 1. The highest BCUT2D eigenvalue weighted by Crippen LogP contribution is 2.35. The van der Waals surface area contributed by atoms with Crippen molar-refractivity contribution in [2.75, 3.05) is 0 Å². The third kappa shape index (κ3) is 3.44. The van der Waals surface area contributed by atoms with Crippen molar-refractivity contribution in [1.82, 2.24) is 14.8 Å². The van der Waals surface area contributed by atoms with E-state index in [1.54, 1.807) is 11.0 Å². The molecule has 0 aliphatic carbocycles. The summed E-state index contributed by atoms with van der Waals surface area (Å²) in [6.45, 7) is 1.81. The number of halogens is 1. The maximum Gasteiger partial charge on any atom is 0.137 e. The van der Waals surface area contributed by atoms with Gasteiger partial charge in [-0.25, -0.2) is 9.67 Å². The lowest BCUT2D eigenvalue weighted by Crippen LogP contribution is -2.35. The highest BCUT2D eigenvalue weighted by molar-refractivity contribution is 6.30. The minimum Gasteiger partial charge on any atom is -0.383 e. The van der Waals surface area contributed by atoms with Crippen molar-refractivity contribution < 1.29 is 5.11 Å². The molecule has 0 radical (unpaired) electrons. The number of rotatable bonds is 5. The third-order valence-electron chi connectivity index (χ3n) is 4.11. The monoisotopic (exact) mass is 327 g/mol. The molecule has 23 heavy (non-hydrogen) atoms. The summed E-state index contributed by atoms with van der Waals surface area (Å²) in [6, 6.07) is 17.0. The summed E-state index contributed by atoms with van der Waals surface area (Å²) in [5.74, 6) is 0. The molecule has 0 amide bonds. The Hall–Kier alpha value is -2.17. The predicted octanol–water partition coefficient (Wildman–Crippen LogP) is 3.62. The summed E-state index contributed by atoms with van der Waals surface area (Å²) in [6.07, 6.45) is 3.73. The van der Waals surface area contributed by atoms with E-state index in [0.29, 0.717) is 11.4 Å². The second kappa shape index (κ2) is 6.52. The van der Waals surface area contributed by atoms with E-state index in [2.05, 4.69) is 10.1 Å². The first-order chi connectivity index (χ1) is 11.1. The molecule has 1 N–H and O–H groups in total. The van der Waals surface area contributed by atoms with Gasteiger partial charge in [0.1, 0.15) is 18.3 Å². The van der Waals surface area contributed by atoms with Crippen molar-refractivity contribution in [2.24, 2.45) is 0 Å². The molecule has 0 saturated carbocycles. The number of benzene rings is 2. The maximum atomic E-state index is 11.2. The normalized spacial score (nSPS) is 15.1. The van der Waals surface area contributed by atoms with Crippen LogP contribution in [0.2, 0.25) is 5.02 Å². The van der Waals surface area contributed by atoms with E-state index >= 15 is 0 Å². The van der Waals surface area contributed by atoms with E-state index in [-0.39, 0.29) is 6.04 Å². The number of nitrogens with zero attached hydrogens (tertiary/aromatic N) is 3. The van der Waals surface area contributed by atoms with E-state index in [4.69, 9.17) is 11.6 Å². The van der Waals surface area contributed by atoms with Crippen molar-refractivity contribution in [3.05, 3.63) is 83.4 Å². The summed E-state index contributed by atoms with van der Waals surface area (Å²) in [5, 5.41) is 16.2. The SMILES string of the molecule is C[C@](O)(c1ccccc1)[C@H](Cc1ccc(Cl)cc1)n1cncn1. The first-order valence-corrected chi connectivity index (χ1v) is 7.81. The zero-order valence-corrected chi connectivity index (χ0v) is 13.6. The van der Waals surface area contributed by atoms with Crippen molar-refractivity contribution in [3.63, 3.8) is 0 Å². The van der Waals surface area contributed by atoms with Crippen LogP contribution in [0.5, 0.6) is 0 Å². The molecule has 0 fully saturated rings. The van der Waals surface area contributed by atoms with Gasteiger partial charge in [0.25, 0.3) is 0 Å². The third-order valence-corrected chi connectivity index (χ3v) is 4.36. The van der Waals surface area contributed by atoms with Crippen molar-refractivity contribution in [3.8, 4) is 0 Å². The Labute approximate surface area is 140 Å². The molecule has 1 aromatic heterocycles. The highest BCUT2D eigenvalue weighted by atomic mass is 35.5. The molecule has 1 heterocycles. The number of hydrogen-bond donors (Lipinski definition) is 1. The van der Waals surface area contributed by atoms with Crippen LogP contribution >= 0.6 is 11.6 Å². The molecule has 4 nitrogen and oxygen atoms in total. The standard InChI is InChI=1S/C18H18ClN3O/c1-18(23,15-5-3-2-4-6-15)17(22-13-20-12-21-22)11-14-7-9-16(19)10-8-14/h2-10,12-13,17,23H,11H2,1H3/t17-,18-/m0/s1. The Kier molecular flexibility index (Phi) is 4.46. The van der Waals surface area contributed by atoms with Crippen molar-refractivity contribution in [2.45, 2.75) is 25.0 Å². The van der Waals surface area contributed by atoms with Gasteiger partial charge in [0, 0.05) is 5.02 Å². The molecule has 2 atom stereocenters. The molecule has 0 unspecified atom stereocenters. The van der Waals surface area contributed by atoms with Gasteiger partial charge in [-0.05, 0) is 36.6 Å². The van der Waals surface area contributed by atoms with Crippen LogP contribution in [0.15, 0.2) is 67.3 Å². The van der Waals surface area contributed by atoms with Crippen LogP contribution in [0.25, 0.3) is 0 Å². The first-order valence-electron chi connectivity index (χ1n) is 7.44. The minimum atomic E-state index is -1.09. The Morgan fingerprint density at radius 1 is 1.13 bits per heavy atom. The fraction of sp³-hybridized carbons (Fsp3) is 0.222. The lowest BCUT2D eigenvalue weighted by molar-refractivity contribution is -0.00474. The molecule has 5 heteroatoms. The summed E-state index contributed by atoms with van der Waals surface area (Å²) >= 11 is 5.96. The molecule has 0 spiro atoms. The Morgan fingerprint density at radius 2 is 1.83 bits per heavy atom. The van der Waals surface area contributed by atoms with Crippen LogP contribution < -0.4 is 0 Å². The molecular weight excluding hydrogens is 310 g/mol. The van der Waals surface area contributed by atoms with E-state index in [1.807, 2.05) is 61.5 Å². The molecule has 2 aromatic carbocycles. The molecule has 0 bridgehead atoms. The van der Waals surface area contributed by atoms with Crippen LogP contribution in [-0.2, 0) is 12.0 Å². The smallest absolute Gasteiger partial charge is 0.137 e. The minimum absolute atomic E-state index is 0.284. The van der Waals surface area contributed by atoms with Crippen LogP contribution in [0, 0.1) is 0 Å². The summed E-state index contributed by atoms with van der Waals surface area (Å²) in [7, 11) is 0. The van der Waals surface area contributed by atoms with Crippen LogP contribution in [0.1, 0.15) is 24.1 Å². The second-order valence-corrected chi connectivity index (χ2v) is 6.17. The van der Waals surface area contributed by atoms with Gasteiger partial charge in [0.2, 0.25) is 0 Å². The lowest BCUT2D eigenvalue weighted by Gasteiger charge is -2.33. The molecule has 0 aliphatic heterocycles. The fourth-order valence-corrected chi connectivity index (χ4v) is 2.87. The van der Waals surface area contributed by atoms with Crippen LogP contribution in [0.3, 0.4) is 0 Å². The van der Waals surface area contributed by atoms with E-state index < -0.39 is 5.60 Å². The lowest BCUT2D eigenvalue weighted by atomic mass is 9.85. The van der Waals surface area contributed by atoms with Crippen molar-refractivity contribution in [1.29, 1.82) is 0 Å². The molecule has 3 rings (SSSR count). The van der Waals surface area contributed by atoms with Gasteiger partial charge in [-0.1, -0.05) is 54.1 Å². The Bertz CT molecular complexity index is 740. The largest absolute Gasteiger partial charge is 0.383 e. The average molecular weight is 328 g/mol. The highest BCUT2D eigenvalue weighted by Gasteiger charge is 2.35. The van der Waals surface area contributed by atoms with Gasteiger partial charge in [-0.15, -0.1) is 0 Å². The molecule has 0 saturated heterocycles. The van der Waals surface area contributed by atoms with Gasteiger partial charge < -0.3 is 5.11 Å². The topological polar surface area (TPSA) is 50.9 Å². The van der Waals surface area contributed by atoms with Crippen LogP contribution in [0.4, 0.5) is 0 Å². The number of hydrogen-bond acceptors (Lipinski definition) is 3. The van der Waals surface area contributed by atoms with E-state index in [0.717, 1.165) is 11.1 Å². The molecule has 3 aromatic rings. The van der Waals surface area contributed by atoms with Crippen molar-refractivity contribution >= 4 is 11.6 Å². The second-order valence-electron chi connectivity index (χ2n) is 5.74. The zero-order valence-electron chi connectivity index (χ0n) is 12.8. The Morgan fingerprint density at radius 3 is 2.43 bits per heavy atom.